The van der Waals surface area contributed by atoms with Gasteiger partial charge in [-0.15, -0.1) is 0 Å². The molecule has 0 saturated carbocycles. The van der Waals surface area contributed by atoms with Gasteiger partial charge < -0.3 is 5.73 Å². The minimum Gasteiger partial charge on any atom is -0.405 e. The molecule has 1 nitrogen and oxygen atoms in total. The van der Waals surface area contributed by atoms with E-state index < -0.39 is 0 Å². The van der Waals surface area contributed by atoms with E-state index in [1.165, 1.54) is 28.5 Å². The molecule has 1 aliphatic rings. The molecule has 0 atom stereocenters. The van der Waals surface area contributed by atoms with E-state index in [1.54, 1.807) is 0 Å². The lowest BCUT2D eigenvalue weighted by atomic mass is 9.93. The van der Waals surface area contributed by atoms with Crippen molar-refractivity contribution in [3.05, 3.63) is 90.7 Å². The first-order chi connectivity index (χ1) is 9.26. The van der Waals surface area contributed by atoms with Crippen molar-refractivity contribution in [2.75, 3.05) is 0 Å². The Labute approximate surface area is 116 Å². The predicted octanol–water partition coefficient (Wildman–Crippen LogP) is 4.40. The largest absolute Gasteiger partial charge is 0.405 e. The average molecular weight is 251 g/mol. The SMILES string of the molecule is C=CC1=C(\C=C)CCc2ccccc2/C=C\1.C=CN. The first kappa shape index (κ1) is 14.8. The van der Waals surface area contributed by atoms with E-state index in [0.717, 1.165) is 12.8 Å². The molecule has 0 radical (unpaired) electrons. The summed E-state index contributed by atoms with van der Waals surface area (Å²) in [6.07, 6.45) is 11.5. The Balaban J connectivity index is 0.000000550. The third-order valence-electron chi connectivity index (χ3n) is 3.00. The van der Waals surface area contributed by atoms with Gasteiger partial charge in [0.1, 0.15) is 0 Å². The predicted molar refractivity (Wildman–Crippen MR) is 85.6 cm³/mol. The summed E-state index contributed by atoms with van der Waals surface area (Å²) in [7, 11) is 0. The fourth-order valence-electron chi connectivity index (χ4n) is 2.04. The summed E-state index contributed by atoms with van der Waals surface area (Å²) in [5.74, 6) is 0. The normalized spacial score (nSPS) is 18.7. The van der Waals surface area contributed by atoms with Crippen LogP contribution in [0.1, 0.15) is 17.5 Å². The van der Waals surface area contributed by atoms with E-state index in [1.807, 2.05) is 12.2 Å². The molecule has 19 heavy (non-hydrogen) atoms. The summed E-state index contributed by atoms with van der Waals surface area (Å²) in [4.78, 5) is 0. The van der Waals surface area contributed by atoms with Gasteiger partial charge in [-0.1, -0.05) is 68.3 Å². The molecular formula is C18H21N. The zero-order valence-electron chi connectivity index (χ0n) is 11.3. The fraction of sp³-hybridized carbons (Fsp3) is 0.111. The molecule has 1 aromatic rings. The molecule has 0 amide bonds. The van der Waals surface area contributed by atoms with Crippen LogP contribution in [0.4, 0.5) is 0 Å². The van der Waals surface area contributed by atoms with Gasteiger partial charge in [-0.05, 0) is 41.3 Å². The van der Waals surface area contributed by atoms with E-state index in [4.69, 9.17) is 0 Å². The lowest BCUT2D eigenvalue weighted by Crippen LogP contribution is -1.95. The number of hydrogen-bond donors (Lipinski definition) is 1. The van der Waals surface area contributed by atoms with Crippen LogP contribution in [0, 0.1) is 0 Å². The van der Waals surface area contributed by atoms with Crippen molar-refractivity contribution in [2.24, 2.45) is 5.73 Å². The quantitative estimate of drug-likeness (QED) is 0.828. The maximum absolute atomic E-state index is 4.61. The summed E-state index contributed by atoms with van der Waals surface area (Å²) in [6.45, 7) is 10.9. The van der Waals surface area contributed by atoms with E-state index in [9.17, 15) is 0 Å². The van der Waals surface area contributed by atoms with Gasteiger partial charge in [0, 0.05) is 0 Å². The number of fused-ring (bicyclic) bond motifs is 1. The molecule has 2 rings (SSSR count). The van der Waals surface area contributed by atoms with Crippen molar-refractivity contribution in [1.29, 1.82) is 0 Å². The van der Waals surface area contributed by atoms with Gasteiger partial charge in [0.05, 0.1) is 0 Å². The fourth-order valence-corrected chi connectivity index (χ4v) is 2.04. The lowest BCUT2D eigenvalue weighted by molar-refractivity contribution is 0.954. The molecule has 0 fully saturated rings. The third-order valence-corrected chi connectivity index (χ3v) is 3.00. The zero-order chi connectivity index (χ0) is 14.1. The molecule has 2 N–H and O–H groups in total. The Morgan fingerprint density at radius 3 is 2.26 bits per heavy atom. The highest BCUT2D eigenvalue weighted by Gasteiger charge is 2.05. The van der Waals surface area contributed by atoms with E-state index >= 15 is 0 Å². The Hall–Kier alpha value is -2.28. The number of hydrogen-bond acceptors (Lipinski definition) is 1. The van der Waals surface area contributed by atoms with Crippen LogP contribution in [0.15, 0.2) is 79.6 Å². The van der Waals surface area contributed by atoms with Gasteiger partial charge in [-0.2, -0.15) is 0 Å². The summed E-state index contributed by atoms with van der Waals surface area (Å²) in [5, 5.41) is 0. The van der Waals surface area contributed by atoms with Crippen LogP contribution in [0.5, 0.6) is 0 Å². The van der Waals surface area contributed by atoms with Gasteiger partial charge in [-0.25, -0.2) is 0 Å². The Morgan fingerprint density at radius 1 is 0.947 bits per heavy atom. The molecule has 1 aromatic carbocycles. The molecule has 0 heterocycles. The van der Waals surface area contributed by atoms with Crippen molar-refractivity contribution in [1.82, 2.24) is 0 Å². The molecular weight excluding hydrogens is 230 g/mol. The highest BCUT2D eigenvalue weighted by Crippen LogP contribution is 2.23. The van der Waals surface area contributed by atoms with Crippen LogP contribution in [-0.2, 0) is 6.42 Å². The first-order valence-electron chi connectivity index (χ1n) is 6.33. The van der Waals surface area contributed by atoms with Gasteiger partial charge in [0.2, 0.25) is 0 Å². The second kappa shape index (κ2) is 7.93. The Morgan fingerprint density at radius 2 is 1.63 bits per heavy atom. The maximum atomic E-state index is 4.61. The standard InChI is InChI=1S/C16H16.C2H5N/c1-3-13-9-11-15-7-5-6-8-16(15)12-10-14(13)4-2;1-2-3/h3-9,11H,1-2,10,12H2;2H,1,3H2/b11-9-,14-13-;. The van der Waals surface area contributed by atoms with Crippen LogP contribution in [0.3, 0.4) is 0 Å². The van der Waals surface area contributed by atoms with Crippen molar-refractivity contribution in [3.63, 3.8) is 0 Å². The third kappa shape index (κ3) is 4.14. The van der Waals surface area contributed by atoms with Crippen LogP contribution >= 0.6 is 0 Å². The van der Waals surface area contributed by atoms with Gasteiger partial charge >= 0.3 is 0 Å². The topological polar surface area (TPSA) is 26.0 Å². The Bertz CT molecular complexity index is 518. The van der Waals surface area contributed by atoms with Crippen LogP contribution in [0.25, 0.3) is 6.08 Å². The summed E-state index contributed by atoms with van der Waals surface area (Å²) >= 11 is 0. The molecule has 0 bridgehead atoms. The second-order valence-electron chi connectivity index (χ2n) is 4.16. The second-order valence-corrected chi connectivity index (χ2v) is 4.16. The minimum atomic E-state index is 1.03. The van der Waals surface area contributed by atoms with Crippen LogP contribution in [0.2, 0.25) is 0 Å². The molecule has 1 heteroatoms. The molecule has 0 saturated heterocycles. The smallest absolute Gasteiger partial charge is 0.0136 e. The number of benzene rings is 1. The van der Waals surface area contributed by atoms with Crippen LogP contribution < -0.4 is 5.73 Å². The lowest BCUT2D eigenvalue weighted by Gasteiger charge is -2.12. The van der Waals surface area contributed by atoms with Crippen molar-refractivity contribution >= 4 is 6.08 Å². The molecule has 1 aliphatic carbocycles. The summed E-state index contributed by atoms with van der Waals surface area (Å²) in [5.41, 5.74) is 9.79. The van der Waals surface area contributed by atoms with Crippen molar-refractivity contribution in [2.45, 2.75) is 12.8 Å². The van der Waals surface area contributed by atoms with E-state index in [-0.39, 0.29) is 0 Å². The first-order valence-corrected chi connectivity index (χ1v) is 6.33. The average Bonchev–Trinajstić information content (AvgIpc) is 2.41. The maximum Gasteiger partial charge on any atom is -0.0136 e. The zero-order valence-corrected chi connectivity index (χ0v) is 11.3. The summed E-state index contributed by atoms with van der Waals surface area (Å²) < 4.78 is 0. The molecule has 0 aliphatic heterocycles. The highest BCUT2D eigenvalue weighted by atomic mass is 14.5. The van der Waals surface area contributed by atoms with E-state index in [2.05, 4.69) is 61.9 Å². The number of nitrogens with two attached hydrogens (primary N) is 1. The molecule has 0 aromatic heterocycles. The number of rotatable bonds is 2. The van der Waals surface area contributed by atoms with Crippen molar-refractivity contribution < 1.29 is 0 Å². The molecule has 0 spiro atoms. The van der Waals surface area contributed by atoms with Gasteiger partial charge in [0.15, 0.2) is 0 Å². The van der Waals surface area contributed by atoms with Crippen molar-refractivity contribution in [3.8, 4) is 0 Å². The number of aryl methyl sites for hydroxylation is 1. The monoisotopic (exact) mass is 251 g/mol. The Kier molecular flexibility index (Phi) is 6.17. The molecule has 98 valence electrons. The highest BCUT2D eigenvalue weighted by molar-refractivity contribution is 5.60. The molecule has 0 unspecified atom stereocenters. The van der Waals surface area contributed by atoms with Crippen LogP contribution in [-0.4, -0.2) is 0 Å². The van der Waals surface area contributed by atoms with E-state index in [0.29, 0.717) is 0 Å². The minimum absolute atomic E-state index is 1.03. The number of allylic oxidation sites excluding steroid dienone is 5. The van der Waals surface area contributed by atoms with Gasteiger partial charge in [0.25, 0.3) is 0 Å². The van der Waals surface area contributed by atoms with Gasteiger partial charge in [-0.3, -0.25) is 0 Å². The summed E-state index contributed by atoms with van der Waals surface area (Å²) in [6, 6.07) is 8.53.